The number of carbonyl (C=O) groups is 2. The highest BCUT2D eigenvalue weighted by molar-refractivity contribution is 5.91. The molecule has 1 fully saturated rings. The number of ether oxygens (including phenoxy) is 2. The SMILES string of the molecule is CCOC(=O)c1cnn(CCC2CCN(C(=O)OC(C)(C)C)CC2)c1O. The van der Waals surface area contributed by atoms with Crippen molar-refractivity contribution < 1.29 is 24.2 Å². The average Bonchev–Trinajstić information content (AvgIpc) is 2.93. The first-order valence-corrected chi connectivity index (χ1v) is 9.11. The molecule has 8 heteroatoms. The Morgan fingerprint density at radius 2 is 1.96 bits per heavy atom. The number of nitrogens with zero attached hydrogens (tertiary/aromatic N) is 3. The Labute approximate surface area is 154 Å². The number of aromatic nitrogens is 2. The molecule has 1 saturated heterocycles. The minimum absolute atomic E-state index is 0.0894. The highest BCUT2D eigenvalue weighted by Gasteiger charge is 2.27. The molecule has 0 bridgehead atoms. The van der Waals surface area contributed by atoms with Crippen LogP contribution in [0.2, 0.25) is 0 Å². The Kier molecular flexibility index (Phi) is 6.50. The summed E-state index contributed by atoms with van der Waals surface area (Å²) in [6.45, 7) is 9.39. The van der Waals surface area contributed by atoms with E-state index in [0.29, 0.717) is 25.6 Å². The normalized spacial score (nSPS) is 15.8. The van der Waals surface area contributed by atoms with Gasteiger partial charge in [0.15, 0.2) is 0 Å². The quantitative estimate of drug-likeness (QED) is 0.804. The molecular weight excluding hydrogens is 338 g/mol. The third-order valence-corrected chi connectivity index (χ3v) is 4.32. The van der Waals surface area contributed by atoms with Gasteiger partial charge in [0.1, 0.15) is 11.2 Å². The van der Waals surface area contributed by atoms with Gasteiger partial charge in [-0.2, -0.15) is 5.10 Å². The first kappa shape index (κ1) is 20.1. The van der Waals surface area contributed by atoms with Crippen molar-refractivity contribution >= 4 is 12.1 Å². The van der Waals surface area contributed by atoms with Crippen LogP contribution in [0.4, 0.5) is 4.79 Å². The van der Waals surface area contributed by atoms with E-state index in [-0.39, 0.29) is 24.1 Å². The van der Waals surface area contributed by atoms with Gasteiger partial charge in [-0.1, -0.05) is 0 Å². The fourth-order valence-electron chi connectivity index (χ4n) is 2.93. The van der Waals surface area contributed by atoms with E-state index < -0.39 is 11.6 Å². The lowest BCUT2D eigenvalue weighted by atomic mass is 9.94. The van der Waals surface area contributed by atoms with E-state index in [9.17, 15) is 14.7 Å². The Morgan fingerprint density at radius 1 is 1.31 bits per heavy atom. The number of piperidine rings is 1. The zero-order valence-corrected chi connectivity index (χ0v) is 16.0. The summed E-state index contributed by atoms with van der Waals surface area (Å²) in [5, 5.41) is 14.2. The van der Waals surface area contributed by atoms with Crippen LogP contribution in [0.3, 0.4) is 0 Å². The molecule has 0 aliphatic carbocycles. The van der Waals surface area contributed by atoms with Crippen molar-refractivity contribution in [3.05, 3.63) is 11.8 Å². The minimum atomic E-state index is -0.568. The number of aryl methyl sites for hydroxylation is 1. The van der Waals surface area contributed by atoms with Crippen LogP contribution in [-0.4, -0.2) is 57.1 Å². The van der Waals surface area contributed by atoms with E-state index in [2.05, 4.69) is 5.10 Å². The summed E-state index contributed by atoms with van der Waals surface area (Å²) in [6.07, 6.45) is 3.65. The van der Waals surface area contributed by atoms with Gasteiger partial charge in [0, 0.05) is 19.6 Å². The number of esters is 1. The monoisotopic (exact) mass is 367 g/mol. The second kappa shape index (κ2) is 8.42. The maximum absolute atomic E-state index is 12.1. The lowest BCUT2D eigenvalue weighted by Gasteiger charge is -2.33. The second-order valence-electron chi connectivity index (χ2n) is 7.52. The van der Waals surface area contributed by atoms with Gasteiger partial charge >= 0.3 is 12.1 Å². The van der Waals surface area contributed by atoms with Gasteiger partial charge in [-0.05, 0) is 52.9 Å². The first-order chi connectivity index (χ1) is 12.2. The smallest absolute Gasteiger partial charge is 0.410 e. The van der Waals surface area contributed by atoms with Crippen LogP contribution in [-0.2, 0) is 16.0 Å². The summed E-state index contributed by atoms with van der Waals surface area (Å²) in [5.41, 5.74) is -0.395. The Morgan fingerprint density at radius 3 is 2.54 bits per heavy atom. The molecule has 0 spiro atoms. The summed E-state index contributed by atoms with van der Waals surface area (Å²) in [6, 6.07) is 0. The number of aromatic hydroxyl groups is 1. The maximum atomic E-state index is 12.1. The van der Waals surface area contributed by atoms with Crippen molar-refractivity contribution in [2.45, 2.75) is 59.1 Å². The van der Waals surface area contributed by atoms with Gasteiger partial charge in [-0.15, -0.1) is 0 Å². The summed E-state index contributed by atoms with van der Waals surface area (Å²) >= 11 is 0. The molecule has 8 nitrogen and oxygen atoms in total. The van der Waals surface area contributed by atoms with Crippen LogP contribution >= 0.6 is 0 Å². The lowest BCUT2D eigenvalue weighted by Crippen LogP contribution is -2.41. The number of carbonyl (C=O) groups excluding carboxylic acids is 2. The molecule has 1 N–H and O–H groups in total. The predicted molar refractivity (Wildman–Crippen MR) is 95.0 cm³/mol. The summed E-state index contributed by atoms with van der Waals surface area (Å²) < 4.78 is 11.7. The van der Waals surface area contributed by atoms with Crippen molar-refractivity contribution in [3.63, 3.8) is 0 Å². The first-order valence-electron chi connectivity index (χ1n) is 9.11. The molecule has 1 aromatic heterocycles. The molecule has 26 heavy (non-hydrogen) atoms. The van der Waals surface area contributed by atoms with E-state index in [1.54, 1.807) is 11.8 Å². The number of likely N-dealkylation sites (tertiary alicyclic amines) is 1. The predicted octanol–water partition coefficient (Wildman–Crippen LogP) is 2.80. The number of hydrogen-bond acceptors (Lipinski definition) is 6. The van der Waals surface area contributed by atoms with Gasteiger partial charge in [0.25, 0.3) is 0 Å². The second-order valence-corrected chi connectivity index (χ2v) is 7.52. The van der Waals surface area contributed by atoms with Gasteiger partial charge in [0.05, 0.1) is 12.8 Å². The van der Waals surface area contributed by atoms with E-state index in [4.69, 9.17) is 9.47 Å². The van der Waals surface area contributed by atoms with E-state index in [1.165, 1.54) is 10.9 Å². The molecule has 1 aliphatic heterocycles. The van der Waals surface area contributed by atoms with Crippen LogP contribution in [0.5, 0.6) is 5.88 Å². The van der Waals surface area contributed by atoms with Gasteiger partial charge < -0.3 is 19.5 Å². The Hall–Kier alpha value is -2.25. The molecule has 2 heterocycles. The van der Waals surface area contributed by atoms with Crippen LogP contribution in [0.1, 0.15) is 57.3 Å². The number of amides is 1. The molecular formula is C18H29N3O5. The third-order valence-electron chi connectivity index (χ3n) is 4.32. The highest BCUT2D eigenvalue weighted by Crippen LogP contribution is 2.24. The van der Waals surface area contributed by atoms with Crippen molar-refractivity contribution in [1.29, 1.82) is 0 Å². The van der Waals surface area contributed by atoms with Gasteiger partial charge in [-0.3, -0.25) is 0 Å². The molecule has 1 amide bonds. The van der Waals surface area contributed by atoms with E-state index in [1.807, 2.05) is 20.8 Å². The Bertz CT molecular complexity index is 627. The standard InChI is InChI=1S/C18H29N3O5/c1-5-25-16(23)14-12-19-21(15(14)22)11-8-13-6-9-20(10-7-13)17(24)26-18(2,3)4/h12-13,22H,5-11H2,1-4H3. The largest absolute Gasteiger partial charge is 0.493 e. The molecule has 2 rings (SSSR count). The number of rotatable bonds is 5. The van der Waals surface area contributed by atoms with Crippen LogP contribution < -0.4 is 0 Å². The summed E-state index contributed by atoms with van der Waals surface area (Å²) in [4.78, 5) is 25.5. The molecule has 0 unspecified atom stereocenters. The van der Waals surface area contributed by atoms with Crippen LogP contribution in [0.15, 0.2) is 6.20 Å². The zero-order valence-electron chi connectivity index (χ0n) is 16.0. The molecule has 0 radical (unpaired) electrons. The molecule has 0 aromatic carbocycles. The fourth-order valence-corrected chi connectivity index (χ4v) is 2.93. The van der Waals surface area contributed by atoms with Crippen molar-refractivity contribution in [2.24, 2.45) is 5.92 Å². The fraction of sp³-hybridized carbons (Fsp3) is 0.722. The molecule has 146 valence electrons. The van der Waals surface area contributed by atoms with Crippen molar-refractivity contribution in [3.8, 4) is 5.88 Å². The van der Waals surface area contributed by atoms with E-state index in [0.717, 1.165) is 19.3 Å². The maximum Gasteiger partial charge on any atom is 0.410 e. The van der Waals surface area contributed by atoms with Crippen LogP contribution in [0.25, 0.3) is 0 Å². The Balaban J connectivity index is 1.80. The molecule has 1 aliphatic rings. The van der Waals surface area contributed by atoms with Crippen molar-refractivity contribution in [1.82, 2.24) is 14.7 Å². The zero-order chi connectivity index (χ0) is 19.3. The van der Waals surface area contributed by atoms with Gasteiger partial charge in [-0.25, -0.2) is 14.3 Å². The van der Waals surface area contributed by atoms with E-state index >= 15 is 0 Å². The highest BCUT2D eigenvalue weighted by atomic mass is 16.6. The average molecular weight is 367 g/mol. The summed E-state index contributed by atoms with van der Waals surface area (Å²) in [5.74, 6) is -0.292. The number of hydrogen-bond donors (Lipinski definition) is 1. The molecule has 0 saturated carbocycles. The molecule has 1 aromatic rings. The van der Waals surface area contributed by atoms with Crippen LogP contribution in [0, 0.1) is 5.92 Å². The van der Waals surface area contributed by atoms with Crippen molar-refractivity contribution in [2.75, 3.05) is 19.7 Å². The lowest BCUT2D eigenvalue weighted by molar-refractivity contribution is 0.0179. The third kappa shape index (κ3) is 5.37. The topological polar surface area (TPSA) is 93.9 Å². The minimum Gasteiger partial charge on any atom is -0.493 e. The summed E-state index contributed by atoms with van der Waals surface area (Å²) in [7, 11) is 0. The van der Waals surface area contributed by atoms with Gasteiger partial charge in [0.2, 0.25) is 5.88 Å². The molecule has 0 atom stereocenters.